The Morgan fingerprint density at radius 2 is 1.61 bits per heavy atom. The van der Waals surface area contributed by atoms with E-state index in [0.29, 0.717) is 12.0 Å². The number of carbonyl (C=O) groups is 2. The van der Waals surface area contributed by atoms with Gasteiger partial charge in [0.25, 0.3) is 5.91 Å². The van der Waals surface area contributed by atoms with Crippen molar-refractivity contribution in [3.8, 4) is 6.07 Å². The monoisotopic (exact) mass is 305 g/mol. The Balaban J connectivity index is 2.07. The predicted octanol–water partition coefficient (Wildman–Crippen LogP) is 2.20. The molecule has 0 saturated carbocycles. The van der Waals surface area contributed by atoms with Gasteiger partial charge in [0.1, 0.15) is 6.54 Å². The zero-order valence-corrected chi connectivity index (χ0v) is 12.4. The molecule has 2 aromatic rings. The Hall–Kier alpha value is -3.13. The highest BCUT2D eigenvalue weighted by Gasteiger charge is 2.52. The van der Waals surface area contributed by atoms with Gasteiger partial charge in [-0.05, 0) is 11.1 Å². The molecule has 0 aromatic heterocycles. The number of nitrogens with zero attached hydrogens (tertiary/aromatic N) is 2. The highest BCUT2D eigenvalue weighted by atomic mass is 16.2. The van der Waals surface area contributed by atoms with Gasteiger partial charge in [0.2, 0.25) is 0 Å². The maximum atomic E-state index is 12.9. The number of nitrogens with one attached hydrogen (secondary N) is 1. The summed E-state index contributed by atoms with van der Waals surface area (Å²) in [6.45, 7) is -0.256. The lowest BCUT2D eigenvalue weighted by Gasteiger charge is -2.27. The molecule has 1 saturated heterocycles. The van der Waals surface area contributed by atoms with Crippen LogP contribution in [0.5, 0.6) is 0 Å². The Kier molecular flexibility index (Phi) is 3.82. The summed E-state index contributed by atoms with van der Waals surface area (Å²) in [5.41, 5.74) is 0.475. The molecule has 0 aliphatic carbocycles. The average molecular weight is 305 g/mol. The number of hydrogen-bond donors (Lipinski definition) is 1. The van der Waals surface area contributed by atoms with Crippen molar-refractivity contribution >= 4 is 11.9 Å². The molecule has 3 rings (SSSR count). The van der Waals surface area contributed by atoms with Gasteiger partial charge in [-0.3, -0.25) is 4.79 Å². The van der Waals surface area contributed by atoms with Crippen LogP contribution in [0.25, 0.3) is 0 Å². The fourth-order valence-electron chi connectivity index (χ4n) is 2.88. The van der Waals surface area contributed by atoms with Gasteiger partial charge < -0.3 is 5.32 Å². The lowest BCUT2D eigenvalue weighted by atomic mass is 9.83. The van der Waals surface area contributed by atoms with E-state index < -0.39 is 11.6 Å². The number of benzene rings is 2. The van der Waals surface area contributed by atoms with Crippen LogP contribution in [0.1, 0.15) is 11.1 Å². The van der Waals surface area contributed by atoms with Crippen LogP contribution in [0.3, 0.4) is 0 Å². The molecule has 1 atom stereocenters. The summed E-state index contributed by atoms with van der Waals surface area (Å²) in [7, 11) is 0. The minimum atomic E-state index is -1.17. The minimum absolute atomic E-state index is 0.256. The van der Waals surface area contributed by atoms with Crippen molar-refractivity contribution in [2.75, 3.05) is 6.54 Å². The van der Waals surface area contributed by atoms with Gasteiger partial charge >= 0.3 is 6.03 Å². The number of nitriles is 1. The van der Waals surface area contributed by atoms with Crippen molar-refractivity contribution in [1.82, 2.24) is 10.2 Å². The Bertz CT molecular complexity index is 768. The SMILES string of the molecule is N#CCN1C(=O)N[C@@](Cc2ccccc2)(c2ccccc2)C1=O. The van der Waals surface area contributed by atoms with Crippen LogP contribution in [0.2, 0.25) is 0 Å². The summed E-state index contributed by atoms with van der Waals surface area (Å²) in [4.78, 5) is 26.1. The summed E-state index contributed by atoms with van der Waals surface area (Å²) < 4.78 is 0. The number of carbonyl (C=O) groups excluding carboxylic acids is 2. The average Bonchev–Trinajstić information content (AvgIpc) is 2.82. The van der Waals surface area contributed by atoms with Gasteiger partial charge in [-0.15, -0.1) is 0 Å². The molecule has 5 nitrogen and oxygen atoms in total. The van der Waals surface area contributed by atoms with E-state index in [1.54, 1.807) is 0 Å². The van der Waals surface area contributed by atoms with Gasteiger partial charge in [0.15, 0.2) is 5.54 Å². The van der Waals surface area contributed by atoms with E-state index in [1.807, 2.05) is 66.7 Å². The van der Waals surface area contributed by atoms with Crippen LogP contribution in [0.4, 0.5) is 4.79 Å². The van der Waals surface area contributed by atoms with E-state index in [-0.39, 0.29) is 12.5 Å². The van der Waals surface area contributed by atoms with Crippen molar-refractivity contribution in [3.05, 3.63) is 71.8 Å². The zero-order chi connectivity index (χ0) is 16.3. The first-order valence-electron chi connectivity index (χ1n) is 7.28. The van der Waals surface area contributed by atoms with Gasteiger partial charge in [-0.25, -0.2) is 9.69 Å². The van der Waals surface area contributed by atoms with E-state index in [4.69, 9.17) is 5.26 Å². The van der Waals surface area contributed by atoms with Crippen LogP contribution in [0.15, 0.2) is 60.7 Å². The van der Waals surface area contributed by atoms with E-state index in [9.17, 15) is 9.59 Å². The molecule has 1 N–H and O–H groups in total. The summed E-state index contributed by atoms with van der Waals surface area (Å²) in [5, 5.41) is 11.7. The Morgan fingerprint density at radius 3 is 2.22 bits per heavy atom. The number of amides is 3. The fraction of sp³-hybridized carbons (Fsp3) is 0.167. The van der Waals surface area contributed by atoms with Crippen LogP contribution in [-0.2, 0) is 16.8 Å². The zero-order valence-electron chi connectivity index (χ0n) is 12.4. The van der Waals surface area contributed by atoms with Crippen molar-refractivity contribution in [1.29, 1.82) is 5.26 Å². The highest BCUT2D eigenvalue weighted by molar-refractivity contribution is 6.07. The smallest absolute Gasteiger partial charge is 0.319 e. The third kappa shape index (κ3) is 2.55. The van der Waals surface area contributed by atoms with Crippen LogP contribution in [-0.4, -0.2) is 23.4 Å². The van der Waals surface area contributed by atoms with Crippen molar-refractivity contribution in [2.24, 2.45) is 0 Å². The van der Waals surface area contributed by atoms with Crippen molar-refractivity contribution in [3.63, 3.8) is 0 Å². The van der Waals surface area contributed by atoms with Crippen LogP contribution in [0, 0.1) is 11.3 Å². The summed E-state index contributed by atoms with van der Waals surface area (Å²) in [6, 6.07) is 20.0. The largest absolute Gasteiger partial charge is 0.326 e. The van der Waals surface area contributed by atoms with Crippen LogP contribution >= 0.6 is 0 Å². The molecule has 1 aliphatic heterocycles. The maximum absolute atomic E-state index is 12.9. The summed E-state index contributed by atoms with van der Waals surface area (Å²) in [6.07, 6.45) is 0.338. The lowest BCUT2D eigenvalue weighted by molar-refractivity contribution is -0.131. The lowest BCUT2D eigenvalue weighted by Crippen LogP contribution is -2.46. The topological polar surface area (TPSA) is 73.2 Å². The number of rotatable bonds is 4. The highest BCUT2D eigenvalue weighted by Crippen LogP contribution is 2.32. The van der Waals surface area contributed by atoms with E-state index >= 15 is 0 Å². The van der Waals surface area contributed by atoms with E-state index in [1.165, 1.54) is 0 Å². The maximum Gasteiger partial charge on any atom is 0.326 e. The molecule has 0 spiro atoms. The fourth-order valence-corrected chi connectivity index (χ4v) is 2.88. The van der Waals surface area contributed by atoms with Gasteiger partial charge in [-0.2, -0.15) is 5.26 Å². The molecule has 114 valence electrons. The standard InChI is InChI=1S/C18H15N3O2/c19-11-12-21-16(22)18(20-17(21)23,15-9-5-2-6-10-15)13-14-7-3-1-4-8-14/h1-10H,12-13H2,(H,20,23)/t18-/m0/s1. The van der Waals surface area contributed by atoms with Crippen molar-refractivity contribution < 1.29 is 9.59 Å². The summed E-state index contributed by atoms with van der Waals surface area (Å²) in [5.74, 6) is -0.390. The summed E-state index contributed by atoms with van der Waals surface area (Å²) >= 11 is 0. The van der Waals surface area contributed by atoms with Gasteiger partial charge in [0.05, 0.1) is 6.07 Å². The molecule has 5 heteroatoms. The number of urea groups is 1. The molecule has 1 heterocycles. The Morgan fingerprint density at radius 1 is 1.00 bits per heavy atom. The van der Waals surface area contributed by atoms with E-state index in [2.05, 4.69) is 5.32 Å². The first kappa shape index (κ1) is 14.8. The molecule has 3 amide bonds. The van der Waals surface area contributed by atoms with Crippen LogP contribution < -0.4 is 5.32 Å². The number of hydrogen-bond acceptors (Lipinski definition) is 3. The third-order valence-electron chi connectivity index (χ3n) is 3.98. The molecular formula is C18H15N3O2. The van der Waals surface area contributed by atoms with Gasteiger partial charge in [-0.1, -0.05) is 60.7 Å². The van der Waals surface area contributed by atoms with Gasteiger partial charge in [0, 0.05) is 6.42 Å². The quantitative estimate of drug-likeness (QED) is 0.695. The molecule has 2 aromatic carbocycles. The second kappa shape index (κ2) is 5.93. The second-order valence-corrected chi connectivity index (χ2v) is 5.41. The molecule has 0 unspecified atom stereocenters. The molecule has 1 aliphatic rings. The molecule has 23 heavy (non-hydrogen) atoms. The molecular weight excluding hydrogens is 290 g/mol. The first-order chi connectivity index (χ1) is 11.2. The number of imide groups is 1. The second-order valence-electron chi connectivity index (χ2n) is 5.41. The molecule has 0 bridgehead atoms. The normalized spacial score (nSPS) is 20.2. The molecule has 1 fully saturated rings. The van der Waals surface area contributed by atoms with E-state index in [0.717, 1.165) is 10.5 Å². The predicted molar refractivity (Wildman–Crippen MR) is 84.1 cm³/mol. The first-order valence-corrected chi connectivity index (χ1v) is 7.28. The Labute approximate surface area is 134 Å². The third-order valence-corrected chi connectivity index (χ3v) is 3.98. The molecule has 0 radical (unpaired) electrons. The minimum Gasteiger partial charge on any atom is -0.319 e. The van der Waals surface area contributed by atoms with Crippen molar-refractivity contribution in [2.45, 2.75) is 12.0 Å².